The number of piperidine rings is 1. The first-order valence-electron chi connectivity index (χ1n) is 7.69. The molecule has 1 fully saturated rings. The average Bonchev–Trinajstić information content (AvgIpc) is 2.30. The predicted octanol–water partition coefficient (Wildman–Crippen LogP) is 1.93. The van der Waals surface area contributed by atoms with Crippen molar-refractivity contribution in [3.8, 4) is 0 Å². The summed E-state index contributed by atoms with van der Waals surface area (Å²) >= 11 is 0. The summed E-state index contributed by atoms with van der Waals surface area (Å²) in [5.41, 5.74) is 5.92. The summed E-state index contributed by atoms with van der Waals surface area (Å²) in [6.45, 7) is 15.1. The van der Waals surface area contributed by atoms with Gasteiger partial charge in [-0.05, 0) is 50.2 Å². The van der Waals surface area contributed by atoms with E-state index < -0.39 is 0 Å². The molecule has 3 N–H and O–H groups in total. The largest absolute Gasteiger partial charge is 0.328 e. The highest BCUT2D eigenvalue weighted by molar-refractivity contribution is 4.75. The maximum Gasteiger partial charge on any atom is 0.0107 e. The minimum Gasteiger partial charge on any atom is -0.328 e. The Morgan fingerprint density at radius 3 is 2.17 bits per heavy atom. The van der Waals surface area contributed by atoms with Crippen molar-refractivity contribution in [1.82, 2.24) is 10.2 Å². The fraction of sp³-hybridized carbons (Fsp3) is 1.00. The van der Waals surface area contributed by atoms with Crippen molar-refractivity contribution in [2.75, 3.05) is 32.7 Å². The van der Waals surface area contributed by atoms with Crippen LogP contribution in [0, 0.1) is 17.8 Å². The standard InChI is InChI=1S/C15H33N3/c1-12(2)15(13(3)4)11-17-7-10-18-8-5-14(16)6-9-18/h12-15,17H,5-11,16H2,1-4H3. The molecule has 108 valence electrons. The Morgan fingerprint density at radius 2 is 1.67 bits per heavy atom. The van der Waals surface area contributed by atoms with Crippen LogP contribution in [0.1, 0.15) is 40.5 Å². The maximum atomic E-state index is 5.92. The van der Waals surface area contributed by atoms with Crippen LogP contribution in [0.5, 0.6) is 0 Å². The van der Waals surface area contributed by atoms with Gasteiger partial charge < -0.3 is 16.0 Å². The first-order chi connectivity index (χ1) is 8.50. The van der Waals surface area contributed by atoms with Crippen LogP contribution in [0.3, 0.4) is 0 Å². The smallest absolute Gasteiger partial charge is 0.0107 e. The predicted molar refractivity (Wildman–Crippen MR) is 79.7 cm³/mol. The molecule has 0 spiro atoms. The van der Waals surface area contributed by atoms with E-state index in [1.165, 1.54) is 32.5 Å². The van der Waals surface area contributed by atoms with Gasteiger partial charge >= 0.3 is 0 Å². The lowest BCUT2D eigenvalue weighted by Gasteiger charge is -2.30. The molecule has 0 amide bonds. The van der Waals surface area contributed by atoms with Crippen LogP contribution in [0.15, 0.2) is 0 Å². The summed E-state index contributed by atoms with van der Waals surface area (Å²) in [5.74, 6) is 2.33. The molecular formula is C15H33N3. The van der Waals surface area contributed by atoms with Gasteiger partial charge in [0.05, 0.1) is 0 Å². The zero-order valence-electron chi connectivity index (χ0n) is 12.8. The van der Waals surface area contributed by atoms with Crippen LogP contribution in [0.4, 0.5) is 0 Å². The molecule has 18 heavy (non-hydrogen) atoms. The zero-order chi connectivity index (χ0) is 13.5. The third-order valence-electron chi connectivity index (χ3n) is 4.33. The Balaban J connectivity index is 2.10. The number of likely N-dealkylation sites (tertiary alicyclic amines) is 1. The number of nitrogens with one attached hydrogen (secondary N) is 1. The topological polar surface area (TPSA) is 41.3 Å². The number of nitrogens with two attached hydrogens (primary N) is 1. The van der Waals surface area contributed by atoms with Crippen molar-refractivity contribution in [2.24, 2.45) is 23.5 Å². The SMILES string of the molecule is CC(C)C(CNCCN1CCC(N)CC1)C(C)C. The molecule has 0 unspecified atom stereocenters. The first kappa shape index (κ1) is 15.9. The summed E-state index contributed by atoms with van der Waals surface area (Å²) in [5, 5.41) is 3.63. The highest BCUT2D eigenvalue weighted by Crippen LogP contribution is 2.19. The van der Waals surface area contributed by atoms with E-state index in [-0.39, 0.29) is 0 Å². The van der Waals surface area contributed by atoms with Crippen molar-refractivity contribution < 1.29 is 0 Å². The minimum absolute atomic E-state index is 0.445. The van der Waals surface area contributed by atoms with Gasteiger partial charge in [0.2, 0.25) is 0 Å². The van der Waals surface area contributed by atoms with E-state index in [0.717, 1.165) is 30.8 Å². The Kier molecular flexibility index (Phi) is 7.20. The molecule has 1 heterocycles. The second-order valence-electron chi connectivity index (χ2n) is 6.54. The molecule has 0 atom stereocenters. The van der Waals surface area contributed by atoms with Gasteiger partial charge in [0.1, 0.15) is 0 Å². The van der Waals surface area contributed by atoms with Gasteiger partial charge in [0, 0.05) is 19.1 Å². The van der Waals surface area contributed by atoms with Gasteiger partial charge in [0.15, 0.2) is 0 Å². The third-order valence-corrected chi connectivity index (χ3v) is 4.33. The van der Waals surface area contributed by atoms with E-state index in [2.05, 4.69) is 37.9 Å². The fourth-order valence-electron chi connectivity index (χ4n) is 2.92. The first-order valence-corrected chi connectivity index (χ1v) is 7.69. The lowest BCUT2D eigenvalue weighted by molar-refractivity contribution is 0.207. The third kappa shape index (κ3) is 5.68. The Hall–Kier alpha value is -0.120. The average molecular weight is 255 g/mol. The van der Waals surface area contributed by atoms with Crippen LogP contribution >= 0.6 is 0 Å². The summed E-state index contributed by atoms with van der Waals surface area (Å²) in [6.07, 6.45) is 2.33. The molecule has 0 aromatic carbocycles. The number of hydrogen-bond donors (Lipinski definition) is 2. The molecule has 3 nitrogen and oxygen atoms in total. The molecule has 0 aromatic heterocycles. The van der Waals surface area contributed by atoms with Crippen LogP contribution < -0.4 is 11.1 Å². The zero-order valence-corrected chi connectivity index (χ0v) is 12.8. The summed E-state index contributed by atoms with van der Waals surface area (Å²) in [6, 6.07) is 0.445. The summed E-state index contributed by atoms with van der Waals surface area (Å²) in [4.78, 5) is 2.54. The van der Waals surface area contributed by atoms with Gasteiger partial charge in [0.25, 0.3) is 0 Å². The van der Waals surface area contributed by atoms with Crippen molar-refractivity contribution in [3.05, 3.63) is 0 Å². The van der Waals surface area contributed by atoms with Gasteiger partial charge in [-0.15, -0.1) is 0 Å². The number of hydrogen-bond acceptors (Lipinski definition) is 3. The molecule has 0 aliphatic carbocycles. The molecule has 1 rings (SSSR count). The second kappa shape index (κ2) is 8.13. The highest BCUT2D eigenvalue weighted by Gasteiger charge is 2.18. The molecule has 1 saturated heterocycles. The minimum atomic E-state index is 0.445. The Morgan fingerprint density at radius 1 is 1.11 bits per heavy atom. The lowest BCUT2D eigenvalue weighted by atomic mass is 9.85. The van der Waals surface area contributed by atoms with Gasteiger partial charge in [-0.25, -0.2) is 0 Å². The molecular weight excluding hydrogens is 222 g/mol. The second-order valence-corrected chi connectivity index (χ2v) is 6.54. The van der Waals surface area contributed by atoms with Gasteiger partial charge in [-0.2, -0.15) is 0 Å². The van der Waals surface area contributed by atoms with Crippen LogP contribution in [0.2, 0.25) is 0 Å². The molecule has 1 aliphatic heterocycles. The summed E-state index contributed by atoms with van der Waals surface area (Å²) in [7, 11) is 0. The van der Waals surface area contributed by atoms with Gasteiger partial charge in [-0.1, -0.05) is 27.7 Å². The van der Waals surface area contributed by atoms with E-state index in [0.29, 0.717) is 6.04 Å². The van der Waals surface area contributed by atoms with E-state index in [4.69, 9.17) is 5.73 Å². The molecule has 0 radical (unpaired) electrons. The van der Waals surface area contributed by atoms with E-state index >= 15 is 0 Å². The fourth-order valence-corrected chi connectivity index (χ4v) is 2.92. The summed E-state index contributed by atoms with van der Waals surface area (Å²) < 4.78 is 0. The van der Waals surface area contributed by atoms with Gasteiger partial charge in [-0.3, -0.25) is 0 Å². The normalized spacial score (nSPS) is 19.3. The number of nitrogens with zero attached hydrogens (tertiary/aromatic N) is 1. The molecule has 0 saturated carbocycles. The van der Waals surface area contributed by atoms with E-state index in [1.807, 2.05) is 0 Å². The highest BCUT2D eigenvalue weighted by atomic mass is 15.1. The van der Waals surface area contributed by atoms with Crippen molar-refractivity contribution in [3.63, 3.8) is 0 Å². The quantitative estimate of drug-likeness (QED) is 0.683. The van der Waals surface area contributed by atoms with E-state index in [1.54, 1.807) is 0 Å². The van der Waals surface area contributed by atoms with Crippen LogP contribution in [-0.2, 0) is 0 Å². The molecule has 1 aliphatic rings. The van der Waals surface area contributed by atoms with Crippen molar-refractivity contribution in [2.45, 2.75) is 46.6 Å². The Labute approximate surface area is 113 Å². The van der Waals surface area contributed by atoms with Crippen molar-refractivity contribution >= 4 is 0 Å². The van der Waals surface area contributed by atoms with Crippen LogP contribution in [0.25, 0.3) is 0 Å². The monoisotopic (exact) mass is 255 g/mol. The Bertz CT molecular complexity index is 200. The molecule has 0 bridgehead atoms. The molecule has 0 aromatic rings. The number of rotatable bonds is 7. The van der Waals surface area contributed by atoms with E-state index in [9.17, 15) is 0 Å². The van der Waals surface area contributed by atoms with Crippen LogP contribution in [-0.4, -0.2) is 43.7 Å². The van der Waals surface area contributed by atoms with Crippen molar-refractivity contribution in [1.29, 1.82) is 0 Å². The lowest BCUT2D eigenvalue weighted by Crippen LogP contribution is -2.43. The maximum absolute atomic E-state index is 5.92. The molecule has 3 heteroatoms.